The van der Waals surface area contributed by atoms with Crippen LogP contribution in [0.1, 0.15) is 37.3 Å². The second-order valence-corrected chi connectivity index (χ2v) is 6.44. The number of ether oxygens (including phenoxy) is 1. The van der Waals surface area contributed by atoms with E-state index in [0.717, 1.165) is 24.2 Å². The molecule has 1 aliphatic heterocycles. The third-order valence-corrected chi connectivity index (χ3v) is 4.71. The van der Waals surface area contributed by atoms with Crippen LogP contribution in [-0.2, 0) is 0 Å². The van der Waals surface area contributed by atoms with E-state index in [2.05, 4.69) is 5.32 Å². The number of hydrogen-bond donors (Lipinski definition) is 1. The van der Waals surface area contributed by atoms with Crippen LogP contribution in [-0.4, -0.2) is 37.1 Å². The molecule has 0 spiro atoms. The summed E-state index contributed by atoms with van der Waals surface area (Å²) >= 11 is 0. The molecule has 1 aliphatic carbocycles. The lowest BCUT2D eigenvalue weighted by atomic mass is 9.81. The highest BCUT2D eigenvalue weighted by Gasteiger charge is 2.45. The molecule has 2 fully saturated rings. The van der Waals surface area contributed by atoms with Crippen molar-refractivity contribution in [3.8, 4) is 5.75 Å². The molecule has 126 valence electrons. The number of halogens is 2. The zero-order chi connectivity index (χ0) is 16.4. The second kappa shape index (κ2) is 6.34. The first kappa shape index (κ1) is 16.0. The molecular formula is C17H22F2N2O2. The maximum Gasteiger partial charge on any atom is 0.317 e. The van der Waals surface area contributed by atoms with Crippen molar-refractivity contribution in [2.24, 2.45) is 5.92 Å². The van der Waals surface area contributed by atoms with E-state index in [-0.39, 0.29) is 30.8 Å². The van der Waals surface area contributed by atoms with Crippen LogP contribution in [0.15, 0.2) is 24.3 Å². The summed E-state index contributed by atoms with van der Waals surface area (Å²) < 4.78 is 30.9. The quantitative estimate of drug-likeness (QED) is 0.919. The Morgan fingerprint density at radius 2 is 2.22 bits per heavy atom. The summed E-state index contributed by atoms with van der Waals surface area (Å²) in [7, 11) is 1.62. The average Bonchev–Trinajstić information content (AvgIpc) is 3.00. The van der Waals surface area contributed by atoms with Gasteiger partial charge in [0, 0.05) is 25.9 Å². The van der Waals surface area contributed by atoms with Crippen LogP contribution >= 0.6 is 0 Å². The van der Waals surface area contributed by atoms with Gasteiger partial charge >= 0.3 is 6.03 Å². The van der Waals surface area contributed by atoms with Crippen molar-refractivity contribution in [3.05, 3.63) is 29.8 Å². The lowest BCUT2D eigenvalue weighted by Crippen LogP contribution is -2.46. The third kappa shape index (κ3) is 3.57. The number of amides is 2. The van der Waals surface area contributed by atoms with Crippen LogP contribution in [0.25, 0.3) is 0 Å². The highest BCUT2D eigenvalue weighted by Crippen LogP contribution is 2.42. The topological polar surface area (TPSA) is 41.6 Å². The number of carbonyl (C=O) groups is 1. The van der Waals surface area contributed by atoms with E-state index in [1.165, 1.54) is 0 Å². The van der Waals surface area contributed by atoms with Crippen molar-refractivity contribution in [1.82, 2.24) is 10.2 Å². The number of carbonyl (C=O) groups excluding carboxylic acids is 1. The van der Waals surface area contributed by atoms with E-state index in [1.54, 1.807) is 12.0 Å². The molecule has 23 heavy (non-hydrogen) atoms. The number of likely N-dealkylation sites (tertiary alicyclic amines) is 1. The van der Waals surface area contributed by atoms with Crippen LogP contribution in [0.2, 0.25) is 0 Å². The van der Waals surface area contributed by atoms with E-state index in [4.69, 9.17) is 4.74 Å². The van der Waals surface area contributed by atoms with E-state index in [1.807, 2.05) is 24.3 Å². The van der Waals surface area contributed by atoms with E-state index >= 15 is 0 Å². The van der Waals surface area contributed by atoms with Crippen LogP contribution in [0.5, 0.6) is 5.75 Å². The molecule has 1 atom stereocenters. The van der Waals surface area contributed by atoms with Crippen molar-refractivity contribution in [2.45, 2.75) is 37.6 Å². The number of urea groups is 1. The predicted octanol–water partition coefficient (Wildman–Crippen LogP) is 3.59. The van der Waals surface area contributed by atoms with Crippen LogP contribution in [0.3, 0.4) is 0 Å². The molecule has 1 saturated heterocycles. The number of nitrogens with one attached hydrogen (secondary N) is 1. The molecule has 0 bridgehead atoms. The van der Waals surface area contributed by atoms with Gasteiger partial charge in [-0.25, -0.2) is 13.6 Å². The van der Waals surface area contributed by atoms with Crippen molar-refractivity contribution < 1.29 is 18.3 Å². The zero-order valence-corrected chi connectivity index (χ0v) is 13.2. The number of methoxy groups -OCH3 is 1. The van der Waals surface area contributed by atoms with Gasteiger partial charge in [-0.3, -0.25) is 0 Å². The molecule has 0 radical (unpaired) electrons. The Labute approximate surface area is 134 Å². The Bertz CT molecular complexity index is 571. The third-order valence-electron chi connectivity index (χ3n) is 4.71. The maximum atomic E-state index is 12.8. The number of rotatable bonds is 4. The Morgan fingerprint density at radius 1 is 1.43 bits per heavy atom. The van der Waals surface area contributed by atoms with Crippen molar-refractivity contribution in [2.75, 3.05) is 20.2 Å². The van der Waals surface area contributed by atoms with Crippen molar-refractivity contribution in [3.63, 3.8) is 0 Å². The summed E-state index contributed by atoms with van der Waals surface area (Å²) in [6, 6.07) is 7.59. The molecule has 1 saturated carbocycles. The summed E-state index contributed by atoms with van der Waals surface area (Å²) in [5.74, 6) is -1.87. The monoisotopic (exact) mass is 324 g/mol. The molecule has 1 aromatic rings. The van der Waals surface area contributed by atoms with Gasteiger partial charge in [-0.15, -0.1) is 0 Å². The Hall–Kier alpha value is -1.85. The highest BCUT2D eigenvalue weighted by atomic mass is 19.3. The summed E-state index contributed by atoms with van der Waals surface area (Å²) in [5.41, 5.74) is 1.05. The highest BCUT2D eigenvalue weighted by molar-refractivity contribution is 5.75. The molecule has 0 aromatic heterocycles. The molecule has 1 heterocycles. The first-order valence-electron chi connectivity index (χ1n) is 8.05. The van der Waals surface area contributed by atoms with Gasteiger partial charge in [0.25, 0.3) is 0 Å². The second-order valence-electron chi connectivity index (χ2n) is 6.44. The summed E-state index contributed by atoms with van der Waals surface area (Å²) in [6.45, 7) is 1.02. The SMILES string of the molecule is COc1cccc(C2CCCN2C(=O)NCC2CC(F)(F)C2)c1. The van der Waals surface area contributed by atoms with E-state index in [0.29, 0.717) is 13.1 Å². The number of benzene rings is 1. The van der Waals surface area contributed by atoms with Gasteiger partial charge in [-0.05, 0) is 36.5 Å². The van der Waals surface area contributed by atoms with Gasteiger partial charge in [0.2, 0.25) is 5.92 Å². The fraction of sp³-hybridized carbons (Fsp3) is 0.588. The van der Waals surface area contributed by atoms with Crippen LogP contribution in [0, 0.1) is 5.92 Å². The van der Waals surface area contributed by atoms with Gasteiger partial charge < -0.3 is 15.0 Å². The number of hydrogen-bond acceptors (Lipinski definition) is 2. The molecule has 1 aromatic carbocycles. The number of alkyl halides is 2. The summed E-state index contributed by atoms with van der Waals surface area (Å²) in [5, 5.41) is 2.82. The van der Waals surface area contributed by atoms with Crippen LogP contribution < -0.4 is 10.1 Å². The normalized spacial score (nSPS) is 23.4. The lowest BCUT2D eigenvalue weighted by Gasteiger charge is -2.35. The van der Waals surface area contributed by atoms with Gasteiger partial charge in [0.05, 0.1) is 13.2 Å². The van der Waals surface area contributed by atoms with Gasteiger partial charge in [0.1, 0.15) is 5.75 Å². The molecular weight excluding hydrogens is 302 g/mol. The minimum Gasteiger partial charge on any atom is -0.497 e. The largest absolute Gasteiger partial charge is 0.497 e. The van der Waals surface area contributed by atoms with Gasteiger partial charge in [-0.1, -0.05) is 12.1 Å². The molecule has 2 aliphatic rings. The maximum absolute atomic E-state index is 12.8. The first-order valence-corrected chi connectivity index (χ1v) is 8.05. The molecule has 3 rings (SSSR count). The fourth-order valence-corrected chi connectivity index (χ4v) is 3.47. The molecule has 2 amide bonds. The molecule has 4 nitrogen and oxygen atoms in total. The Kier molecular flexibility index (Phi) is 4.41. The summed E-state index contributed by atoms with van der Waals surface area (Å²) in [6.07, 6.45) is 1.61. The van der Waals surface area contributed by atoms with E-state index < -0.39 is 5.92 Å². The standard InChI is InChI=1S/C17H22F2N2O2/c1-23-14-5-2-4-13(8-14)15-6-3-7-21(15)16(22)20-11-12-9-17(18,19)10-12/h2,4-5,8,12,15H,3,6-7,9-11H2,1H3,(H,20,22). The fourth-order valence-electron chi connectivity index (χ4n) is 3.47. The van der Waals surface area contributed by atoms with Crippen molar-refractivity contribution >= 4 is 6.03 Å². The van der Waals surface area contributed by atoms with Gasteiger partial charge in [0.15, 0.2) is 0 Å². The molecule has 1 N–H and O–H groups in total. The first-order chi connectivity index (χ1) is 11.0. The Morgan fingerprint density at radius 3 is 2.91 bits per heavy atom. The Balaban J connectivity index is 1.58. The van der Waals surface area contributed by atoms with Crippen molar-refractivity contribution in [1.29, 1.82) is 0 Å². The molecule has 6 heteroatoms. The smallest absolute Gasteiger partial charge is 0.317 e. The van der Waals surface area contributed by atoms with Crippen LogP contribution in [0.4, 0.5) is 13.6 Å². The zero-order valence-electron chi connectivity index (χ0n) is 13.2. The molecule has 1 unspecified atom stereocenters. The average molecular weight is 324 g/mol. The van der Waals surface area contributed by atoms with E-state index in [9.17, 15) is 13.6 Å². The summed E-state index contributed by atoms with van der Waals surface area (Å²) in [4.78, 5) is 14.2. The minimum atomic E-state index is -2.54. The van der Waals surface area contributed by atoms with Gasteiger partial charge in [-0.2, -0.15) is 0 Å². The predicted molar refractivity (Wildman–Crippen MR) is 82.7 cm³/mol. The lowest BCUT2D eigenvalue weighted by molar-refractivity contribution is -0.108. The number of nitrogens with zero attached hydrogens (tertiary/aromatic N) is 1. The minimum absolute atomic E-state index is 0.0212.